The van der Waals surface area contributed by atoms with Crippen LogP contribution in [0.2, 0.25) is 5.02 Å². The smallest absolute Gasteiger partial charge is 0.411 e. The zero-order chi connectivity index (χ0) is 34.1. The number of aromatic nitrogens is 6. The zero-order valence-corrected chi connectivity index (χ0v) is 26.6. The van der Waals surface area contributed by atoms with Gasteiger partial charge in [-0.2, -0.15) is 33.3 Å². The predicted octanol–water partition coefficient (Wildman–Crippen LogP) is 5.29. The van der Waals surface area contributed by atoms with E-state index in [9.17, 15) is 22.8 Å². The Balaban J connectivity index is 1.08. The summed E-state index contributed by atoms with van der Waals surface area (Å²) in [6.07, 6.45) is 0.710. The van der Waals surface area contributed by atoms with Crippen molar-refractivity contribution >= 4 is 29.6 Å². The molecule has 3 saturated carbocycles. The van der Waals surface area contributed by atoms with Crippen molar-refractivity contribution in [2.45, 2.75) is 74.4 Å². The number of guanidine groups is 1. The molecule has 0 radical (unpaired) electrons. The Morgan fingerprint density at radius 3 is 2.49 bits per heavy atom. The second-order valence-corrected chi connectivity index (χ2v) is 13.2. The number of carbonyl (C=O) groups excluding carboxylic acids is 2. The van der Waals surface area contributed by atoms with E-state index < -0.39 is 42.4 Å². The molecule has 49 heavy (non-hydrogen) atoms. The van der Waals surface area contributed by atoms with Crippen LogP contribution in [0.3, 0.4) is 0 Å². The second-order valence-electron chi connectivity index (χ2n) is 12.8. The van der Waals surface area contributed by atoms with E-state index in [0.717, 1.165) is 31.2 Å². The number of ether oxygens (including phenoxy) is 1. The van der Waals surface area contributed by atoms with E-state index in [1.54, 1.807) is 46.0 Å². The molecule has 2 aromatic carbocycles. The van der Waals surface area contributed by atoms with Crippen molar-refractivity contribution in [3.8, 4) is 22.6 Å². The lowest BCUT2D eigenvalue weighted by atomic mass is 10.0. The molecule has 2 aromatic heterocycles. The van der Waals surface area contributed by atoms with Gasteiger partial charge in [-0.3, -0.25) is 9.69 Å². The second kappa shape index (κ2) is 11.6. The summed E-state index contributed by atoms with van der Waals surface area (Å²) in [6.45, 7) is -0.527. The van der Waals surface area contributed by atoms with E-state index in [4.69, 9.17) is 22.1 Å². The number of alkyl halides is 3. The molecule has 0 spiro atoms. The van der Waals surface area contributed by atoms with Gasteiger partial charge in [-0.05, 0) is 61.8 Å². The number of nitrogens with one attached hydrogen (secondary N) is 1. The number of aliphatic imine (C=N–C) groups is 1. The highest BCUT2D eigenvalue weighted by molar-refractivity contribution is 6.33. The fourth-order valence-corrected chi connectivity index (χ4v) is 6.21. The van der Waals surface area contributed by atoms with E-state index in [1.165, 1.54) is 11.2 Å². The summed E-state index contributed by atoms with van der Waals surface area (Å²) >= 11 is 6.61. The Hall–Kier alpha value is -4.99. The lowest BCUT2D eigenvalue weighted by Gasteiger charge is -2.29. The van der Waals surface area contributed by atoms with Crippen LogP contribution in [0.5, 0.6) is 0 Å². The summed E-state index contributed by atoms with van der Waals surface area (Å²) in [5.41, 5.74) is 7.08. The Kier molecular flexibility index (Phi) is 7.39. The third-order valence-corrected chi connectivity index (χ3v) is 9.61. The normalized spacial score (nSPS) is 20.7. The molecular formula is C32H30ClF3N10O3. The fraction of sp³-hybridized carbons (Fsp3) is 0.406. The van der Waals surface area contributed by atoms with Gasteiger partial charge >= 0.3 is 12.3 Å². The Bertz CT molecular complexity index is 1960. The van der Waals surface area contributed by atoms with Crippen LogP contribution in [0.4, 0.5) is 18.0 Å². The first-order chi connectivity index (χ1) is 23.5. The number of alkyl carbamates (subject to hydrolysis) is 1. The molecular weight excluding hydrogens is 665 g/mol. The molecule has 17 heteroatoms. The maximum absolute atomic E-state index is 14.1. The third kappa shape index (κ3) is 5.87. The number of hydrogen-bond donors (Lipinski definition) is 2. The monoisotopic (exact) mass is 694 g/mol. The van der Waals surface area contributed by atoms with Crippen molar-refractivity contribution in [2.75, 3.05) is 6.61 Å². The van der Waals surface area contributed by atoms with Crippen molar-refractivity contribution in [3.05, 3.63) is 71.1 Å². The van der Waals surface area contributed by atoms with Crippen molar-refractivity contribution in [1.29, 1.82) is 0 Å². The summed E-state index contributed by atoms with van der Waals surface area (Å²) in [7, 11) is 0. The van der Waals surface area contributed by atoms with Crippen LogP contribution in [0, 0.1) is 0 Å². The highest BCUT2D eigenvalue weighted by Gasteiger charge is 2.64. The molecule has 0 bridgehead atoms. The van der Waals surface area contributed by atoms with Crippen LogP contribution in [0.25, 0.3) is 22.6 Å². The molecule has 254 valence electrons. The molecule has 3 fully saturated rings. The van der Waals surface area contributed by atoms with E-state index in [1.807, 2.05) is 17.4 Å². The minimum atomic E-state index is -4.63. The maximum Gasteiger partial charge on any atom is 0.411 e. The molecule has 3 aliphatic carbocycles. The Morgan fingerprint density at radius 1 is 1.08 bits per heavy atom. The third-order valence-electron chi connectivity index (χ3n) is 9.28. The van der Waals surface area contributed by atoms with Crippen molar-refractivity contribution in [3.63, 3.8) is 0 Å². The average Bonchev–Trinajstić information content (AvgIpc) is 4.04. The fourth-order valence-electron chi connectivity index (χ4n) is 6.01. The van der Waals surface area contributed by atoms with Gasteiger partial charge < -0.3 is 15.8 Å². The first-order valence-corrected chi connectivity index (χ1v) is 16.3. The molecule has 0 unspecified atom stereocenters. The summed E-state index contributed by atoms with van der Waals surface area (Å²) in [6, 6.07) is 10.5. The molecule has 1 aliphatic heterocycles. The quantitative estimate of drug-likeness (QED) is 0.227. The van der Waals surface area contributed by atoms with Gasteiger partial charge in [0.05, 0.1) is 29.3 Å². The standard InChI is InChI=1S/C32H30ClF3N10O3/c33-23-10-5-19(13-22(23)27-38-16-40-45(27)20-6-7-20)25(15-49-30(48)42-31(11-12-31)32(34,35)36)44-28(47)26(41-29(44)37)18-3-1-17(2-4-18)24-14-39-46(43-24)21-8-9-21/h1-5,10,13-14,16,20-21,25-26H,6-9,11-12,15H2,(H2,37,41)(H,42,48)/t25-,26-/m1/s1. The number of nitrogens with zero attached hydrogens (tertiary/aromatic N) is 8. The molecule has 2 amide bonds. The van der Waals surface area contributed by atoms with Crippen LogP contribution in [-0.4, -0.2) is 70.9 Å². The van der Waals surface area contributed by atoms with Crippen molar-refractivity contribution in [1.82, 2.24) is 40.0 Å². The summed E-state index contributed by atoms with van der Waals surface area (Å²) in [5.74, 6) is -0.144. The predicted molar refractivity (Wildman–Crippen MR) is 169 cm³/mol. The minimum absolute atomic E-state index is 0.146. The van der Waals surface area contributed by atoms with Crippen molar-refractivity contribution in [2.24, 2.45) is 10.7 Å². The largest absolute Gasteiger partial charge is 0.447 e. The van der Waals surface area contributed by atoms with E-state index in [2.05, 4.69) is 25.3 Å². The summed E-state index contributed by atoms with van der Waals surface area (Å²) in [4.78, 5) is 38.5. The number of rotatable bonds is 10. The van der Waals surface area contributed by atoms with Gasteiger partial charge in [0.15, 0.2) is 17.8 Å². The van der Waals surface area contributed by atoms with Crippen molar-refractivity contribution < 1.29 is 27.5 Å². The van der Waals surface area contributed by atoms with Crippen LogP contribution < -0.4 is 11.1 Å². The van der Waals surface area contributed by atoms with Gasteiger partial charge in [-0.1, -0.05) is 41.9 Å². The highest BCUT2D eigenvalue weighted by atomic mass is 35.5. The molecule has 2 atom stereocenters. The minimum Gasteiger partial charge on any atom is -0.447 e. The van der Waals surface area contributed by atoms with Crippen LogP contribution >= 0.6 is 11.6 Å². The van der Waals surface area contributed by atoms with Gasteiger partial charge in [0.25, 0.3) is 5.91 Å². The number of nitrogens with two attached hydrogens (primary N) is 1. The number of halogens is 4. The van der Waals surface area contributed by atoms with Gasteiger partial charge in [-0.15, -0.1) is 0 Å². The highest BCUT2D eigenvalue weighted by Crippen LogP contribution is 2.49. The molecule has 0 saturated heterocycles. The van der Waals surface area contributed by atoms with Crippen LogP contribution in [-0.2, 0) is 9.53 Å². The average molecular weight is 695 g/mol. The molecule has 8 rings (SSSR count). The van der Waals surface area contributed by atoms with Gasteiger partial charge in [0.1, 0.15) is 24.2 Å². The van der Waals surface area contributed by atoms with Gasteiger partial charge in [0.2, 0.25) is 0 Å². The summed E-state index contributed by atoms with van der Waals surface area (Å²) < 4.78 is 47.8. The Morgan fingerprint density at radius 2 is 1.82 bits per heavy atom. The topological polar surface area (TPSA) is 158 Å². The van der Waals surface area contributed by atoms with Crippen LogP contribution in [0.15, 0.2) is 60.0 Å². The zero-order valence-electron chi connectivity index (χ0n) is 25.8. The van der Waals surface area contributed by atoms with Crippen LogP contribution in [0.1, 0.15) is 73.8 Å². The molecule has 13 nitrogen and oxygen atoms in total. The van der Waals surface area contributed by atoms with Gasteiger partial charge in [-0.25, -0.2) is 19.5 Å². The van der Waals surface area contributed by atoms with Gasteiger partial charge in [0, 0.05) is 11.1 Å². The first kappa shape index (κ1) is 31.3. The molecule has 3 heterocycles. The number of hydrogen-bond acceptors (Lipinski definition) is 9. The maximum atomic E-state index is 14.1. The molecule has 4 aromatic rings. The Labute approximate surface area is 282 Å². The first-order valence-electron chi connectivity index (χ1n) is 15.9. The lowest BCUT2D eigenvalue weighted by Crippen LogP contribution is -2.49. The van der Waals surface area contributed by atoms with E-state index in [-0.39, 0.29) is 24.8 Å². The number of amides is 2. The summed E-state index contributed by atoms with van der Waals surface area (Å²) in [5, 5.41) is 15.5. The lowest BCUT2D eigenvalue weighted by molar-refractivity contribution is -0.164. The molecule has 4 aliphatic rings. The number of benzene rings is 2. The number of carbonyl (C=O) groups is 2. The molecule has 3 N–H and O–H groups in total. The SMILES string of the molecule is NC1=N[C@H](c2ccc(-c3cnn(C4CC4)n3)cc2)C(=O)N1[C@H](COC(=O)NC1(C(F)(F)F)CC1)c1ccc(Cl)c(-c2ncnn2C2CC2)c1. The van der Waals surface area contributed by atoms with E-state index >= 15 is 0 Å². The van der Waals surface area contributed by atoms with E-state index in [0.29, 0.717) is 39.3 Å².